The standard InChI is InChI=1S/C15H28N2O/c1-3-4-12(2)11-16-14-7-9-17(10-8-14)15(18)13-5-6-13/h12-14,16H,3-11H2,1-2H3. The molecule has 1 unspecified atom stereocenters. The average molecular weight is 252 g/mol. The number of amides is 1. The molecule has 0 radical (unpaired) electrons. The number of hydrogen-bond donors (Lipinski definition) is 1. The molecular formula is C15H28N2O. The minimum absolute atomic E-state index is 0.388. The van der Waals surface area contributed by atoms with Crippen LogP contribution in [0.5, 0.6) is 0 Å². The molecule has 1 aliphatic carbocycles. The van der Waals surface area contributed by atoms with E-state index in [0.717, 1.165) is 51.2 Å². The highest BCUT2D eigenvalue weighted by Crippen LogP contribution is 2.31. The first-order chi connectivity index (χ1) is 8.70. The van der Waals surface area contributed by atoms with Crippen molar-refractivity contribution >= 4 is 5.91 Å². The number of nitrogens with one attached hydrogen (secondary N) is 1. The molecular weight excluding hydrogens is 224 g/mol. The third-order valence-corrected chi connectivity index (χ3v) is 4.27. The average Bonchev–Trinajstić information content (AvgIpc) is 3.21. The summed E-state index contributed by atoms with van der Waals surface area (Å²) in [4.78, 5) is 14.0. The zero-order valence-corrected chi connectivity index (χ0v) is 12.0. The topological polar surface area (TPSA) is 32.3 Å². The van der Waals surface area contributed by atoms with E-state index in [2.05, 4.69) is 24.1 Å². The van der Waals surface area contributed by atoms with E-state index in [1.54, 1.807) is 0 Å². The number of rotatable bonds is 6. The Balaban J connectivity index is 1.62. The maximum atomic E-state index is 11.9. The second kappa shape index (κ2) is 6.55. The Labute approximate surface area is 111 Å². The number of likely N-dealkylation sites (tertiary alicyclic amines) is 1. The molecule has 0 aromatic carbocycles. The third-order valence-electron chi connectivity index (χ3n) is 4.27. The van der Waals surface area contributed by atoms with Crippen molar-refractivity contribution in [3.8, 4) is 0 Å². The SMILES string of the molecule is CCCC(C)CNC1CCN(C(=O)C2CC2)CC1. The molecule has 1 saturated heterocycles. The van der Waals surface area contributed by atoms with Crippen LogP contribution < -0.4 is 5.32 Å². The summed E-state index contributed by atoms with van der Waals surface area (Å²) in [5.74, 6) is 1.59. The molecule has 3 nitrogen and oxygen atoms in total. The molecule has 2 aliphatic rings. The lowest BCUT2D eigenvalue weighted by molar-refractivity contribution is -0.133. The van der Waals surface area contributed by atoms with Gasteiger partial charge >= 0.3 is 0 Å². The van der Waals surface area contributed by atoms with Crippen molar-refractivity contribution < 1.29 is 4.79 Å². The summed E-state index contributed by atoms with van der Waals surface area (Å²) < 4.78 is 0. The van der Waals surface area contributed by atoms with Crippen molar-refractivity contribution in [2.24, 2.45) is 11.8 Å². The molecule has 18 heavy (non-hydrogen) atoms. The van der Waals surface area contributed by atoms with E-state index in [4.69, 9.17) is 0 Å². The van der Waals surface area contributed by atoms with Gasteiger partial charge in [-0.2, -0.15) is 0 Å². The van der Waals surface area contributed by atoms with Gasteiger partial charge in [0.05, 0.1) is 0 Å². The van der Waals surface area contributed by atoms with Crippen molar-refractivity contribution in [2.75, 3.05) is 19.6 Å². The first-order valence-electron chi connectivity index (χ1n) is 7.73. The number of piperidine rings is 1. The Morgan fingerprint density at radius 1 is 1.28 bits per heavy atom. The molecule has 1 amide bonds. The van der Waals surface area contributed by atoms with Crippen molar-refractivity contribution in [3.05, 3.63) is 0 Å². The highest BCUT2D eigenvalue weighted by atomic mass is 16.2. The lowest BCUT2D eigenvalue weighted by atomic mass is 10.0. The smallest absolute Gasteiger partial charge is 0.225 e. The Morgan fingerprint density at radius 3 is 2.50 bits per heavy atom. The van der Waals surface area contributed by atoms with Gasteiger partial charge in [-0.05, 0) is 44.6 Å². The van der Waals surface area contributed by atoms with Crippen LogP contribution in [0, 0.1) is 11.8 Å². The number of carbonyl (C=O) groups is 1. The van der Waals surface area contributed by atoms with Gasteiger partial charge in [-0.1, -0.05) is 20.3 Å². The first-order valence-corrected chi connectivity index (χ1v) is 7.73. The van der Waals surface area contributed by atoms with Crippen molar-refractivity contribution in [1.82, 2.24) is 10.2 Å². The number of carbonyl (C=O) groups excluding carboxylic acids is 1. The van der Waals surface area contributed by atoms with E-state index in [1.807, 2.05) is 0 Å². The van der Waals surface area contributed by atoms with E-state index < -0.39 is 0 Å². The number of nitrogens with zero attached hydrogens (tertiary/aromatic N) is 1. The fourth-order valence-corrected chi connectivity index (χ4v) is 2.86. The Kier molecular flexibility index (Phi) is 5.04. The molecule has 104 valence electrons. The van der Waals surface area contributed by atoms with Crippen LogP contribution in [0.15, 0.2) is 0 Å². The fraction of sp³-hybridized carbons (Fsp3) is 0.933. The molecule has 1 saturated carbocycles. The van der Waals surface area contributed by atoms with Crippen LogP contribution in [-0.4, -0.2) is 36.5 Å². The van der Waals surface area contributed by atoms with E-state index in [0.29, 0.717) is 17.9 Å². The minimum Gasteiger partial charge on any atom is -0.342 e. The van der Waals surface area contributed by atoms with Crippen LogP contribution in [0.4, 0.5) is 0 Å². The van der Waals surface area contributed by atoms with Gasteiger partial charge in [0.2, 0.25) is 5.91 Å². The summed E-state index contributed by atoms with van der Waals surface area (Å²) in [5, 5.41) is 3.67. The summed E-state index contributed by atoms with van der Waals surface area (Å²) in [7, 11) is 0. The molecule has 2 fully saturated rings. The molecule has 1 heterocycles. The van der Waals surface area contributed by atoms with Crippen LogP contribution >= 0.6 is 0 Å². The van der Waals surface area contributed by atoms with Crippen LogP contribution in [-0.2, 0) is 4.79 Å². The Hall–Kier alpha value is -0.570. The highest BCUT2D eigenvalue weighted by Gasteiger charge is 2.34. The second-order valence-corrected chi connectivity index (χ2v) is 6.18. The molecule has 1 aliphatic heterocycles. The third kappa shape index (κ3) is 3.98. The maximum Gasteiger partial charge on any atom is 0.225 e. The molecule has 0 bridgehead atoms. The van der Waals surface area contributed by atoms with Gasteiger partial charge in [0.1, 0.15) is 0 Å². The normalized spacial score (nSPS) is 23.1. The molecule has 1 N–H and O–H groups in total. The summed E-state index contributed by atoms with van der Waals surface area (Å²) in [5.41, 5.74) is 0. The zero-order chi connectivity index (χ0) is 13.0. The summed E-state index contributed by atoms with van der Waals surface area (Å²) in [6.07, 6.45) is 7.12. The van der Waals surface area contributed by atoms with Gasteiger partial charge in [-0.3, -0.25) is 4.79 Å². The molecule has 3 heteroatoms. The number of hydrogen-bond acceptors (Lipinski definition) is 2. The zero-order valence-electron chi connectivity index (χ0n) is 12.0. The maximum absolute atomic E-state index is 11.9. The predicted molar refractivity (Wildman–Crippen MR) is 74.4 cm³/mol. The van der Waals surface area contributed by atoms with Gasteiger partial charge in [0, 0.05) is 25.0 Å². The molecule has 1 atom stereocenters. The van der Waals surface area contributed by atoms with Crippen LogP contribution in [0.3, 0.4) is 0 Å². The second-order valence-electron chi connectivity index (χ2n) is 6.18. The minimum atomic E-state index is 0.388. The van der Waals surface area contributed by atoms with Crippen molar-refractivity contribution in [1.29, 1.82) is 0 Å². The van der Waals surface area contributed by atoms with Gasteiger partial charge in [-0.15, -0.1) is 0 Å². The molecule has 0 spiro atoms. The monoisotopic (exact) mass is 252 g/mol. The lowest BCUT2D eigenvalue weighted by Gasteiger charge is -2.33. The van der Waals surface area contributed by atoms with E-state index in [1.165, 1.54) is 12.8 Å². The summed E-state index contributed by atoms with van der Waals surface area (Å²) in [6, 6.07) is 0.632. The van der Waals surface area contributed by atoms with E-state index in [-0.39, 0.29) is 0 Å². The van der Waals surface area contributed by atoms with E-state index >= 15 is 0 Å². The van der Waals surface area contributed by atoms with Gasteiger partial charge < -0.3 is 10.2 Å². The van der Waals surface area contributed by atoms with E-state index in [9.17, 15) is 4.79 Å². The van der Waals surface area contributed by atoms with Crippen molar-refractivity contribution in [3.63, 3.8) is 0 Å². The molecule has 0 aromatic heterocycles. The fourth-order valence-electron chi connectivity index (χ4n) is 2.86. The molecule has 2 rings (SSSR count). The largest absolute Gasteiger partial charge is 0.342 e. The first kappa shape index (κ1) is 13.9. The summed E-state index contributed by atoms with van der Waals surface area (Å²) in [6.45, 7) is 7.64. The van der Waals surface area contributed by atoms with Crippen LogP contribution in [0.25, 0.3) is 0 Å². The van der Waals surface area contributed by atoms with Gasteiger partial charge in [0.15, 0.2) is 0 Å². The Morgan fingerprint density at radius 2 is 1.94 bits per heavy atom. The van der Waals surface area contributed by atoms with Crippen LogP contribution in [0.2, 0.25) is 0 Å². The molecule has 0 aromatic rings. The quantitative estimate of drug-likeness (QED) is 0.787. The Bertz CT molecular complexity index is 268. The highest BCUT2D eigenvalue weighted by molar-refractivity contribution is 5.81. The van der Waals surface area contributed by atoms with Crippen molar-refractivity contribution in [2.45, 2.75) is 58.4 Å². The lowest BCUT2D eigenvalue weighted by Crippen LogP contribution is -2.46. The van der Waals surface area contributed by atoms with Crippen LogP contribution in [0.1, 0.15) is 52.4 Å². The van der Waals surface area contributed by atoms with Gasteiger partial charge in [-0.25, -0.2) is 0 Å². The summed E-state index contributed by atoms with van der Waals surface area (Å²) >= 11 is 0. The van der Waals surface area contributed by atoms with Gasteiger partial charge in [0.25, 0.3) is 0 Å². The predicted octanol–water partition coefficient (Wildman–Crippen LogP) is 2.41.